The van der Waals surface area contributed by atoms with Crippen LogP contribution < -0.4 is 5.43 Å². The molecule has 1 aliphatic heterocycles. The molecule has 0 unspecified atom stereocenters. The maximum absolute atomic E-state index is 12.8. The molecule has 1 aromatic carbocycles. The van der Waals surface area contributed by atoms with Crippen LogP contribution in [0.3, 0.4) is 0 Å². The summed E-state index contributed by atoms with van der Waals surface area (Å²) >= 11 is 0. The lowest BCUT2D eigenvalue weighted by molar-refractivity contribution is -0.131. The highest BCUT2D eigenvalue weighted by molar-refractivity contribution is 5.82. The standard InChI is InChI=1S/C20H27N3O3/c1-15-12-19(24)17-6-4-5-7-18(17)23(15)14-20(25)21(3)13-16(2)22-8-10-26-11-9-22/h4-7,12,16H,8-11,13-14H2,1-3H3/t16-/m1/s1. The molecule has 6 nitrogen and oxygen atoms in total. The van der Waals surface area contributed by atoms with E-state index in [0.29, 0.717) is 18.0 Å². The maximum Gasteiger partial charge on any atom is 0.242 e. The molecule has 1 aliphatic rings. The molecule has 0 aliphatic carbocycles. The van der Waals surface area contributed by atoms with Gasteiger partial charge in [-0.15, -0.1) is 0 Å². The molecule has 0 N–H and O–H groups in total. The summed E-state index contributed by atoms with van der Waals surface area (Å²) < 4.78 is 7.32. The third kappa shape index (κ3) is 3.97. The zero-order valence-electron chi connectivity index (χ0n) is 15.8. The SMILES string of the molecule is Cc1cc(=O)c2ccccc2n1CC(=O)N(C)C[C@@H](C)N1CCOCC1. The Morgan fingerprint density at radius 2 is 1.96 bits per heavy atom. The molecule has 1 amide bonds. The van der Waals surface area contributed by atoms with Crippen molar-refractivity contribution in [3.8, 4) is 0 Å². The molecule has 0 spiro atoms. The van der Waals surface area contributed by atoms with Crippen molar-refractivity contribution in [1.29, 1.82) is 0 Å². The molecule has 2 heterocycles. The van der Waals surface area contributed by atoms with E-state index in [2.05, 4.69) is 11.8 Å². The Morgan fingerprint density at radius 1 is 1.27 bits per heavy atom. The zero-order chi connectivity index (χ0) is 18.7. The molecule has 6 heteroatoms. The molecule has 26 heavy (non-hydrogen) atoms. The molecule has 140 valence electrons. The van der Waals surface area contributed by atoms with Crippen molar-refractivity contribution >= 4 is 16.8 Å². The fourth-order valence-electron chi connectivity index (χ4n) is 3.55. The molecule has 3 rings (SSSR count). The number of benzene rings is 1. The number of hydrogen-bond acceptors (Lipinski definition) is 4. The van der Waals surface area contributed by atoms with Crippen LogP contribution in [0.4, 0.5) is 0 Å². The number of ether oxygens (including phenoxy) is 1. The lowest BCUT2D eigenvalue weighted by Gasteiger charge is -2.34. The van der Waals surface area contributed by atoms with Crippen LogP contribution in [0.2, 0.25) is 0 Å². The van der Waals surface area contributed by atoms with Crippen LogP contribution in [0.5, 0.6) is 0 Å². The van der Waals surface area contributed by atoms with E-state index >= 15 is 0 Å². The fraction of sp³-hybridized carbons (Fsp3) is 0.500. The van der Waals surface area contributed by atoms with Gasteiger partial charge in [0.25, 0.3) is 0 Å². The molecule has 1 fully saturated rings. The second kappa shape index (κ2) is 8.01. The van der Waals surface area contributed by atoms with Gasteiger partial charge in [0, 0.05) is 49.9 Å². The average molecular weight is 357 g/mol. The normalized spacial score (nSPS) is 16.6. The third-order valence-corrected chi connectivity index (χ3v) is 5.15. The Morgan fingerprint density at radius 3 is 2.69 bits per heavy atom. The highest BCUT2D eigenvalue weighted by atomic mass is 16.5. The van der Waals surface area contributed by atoms with E-state index in [-0.39, 0.29) is 17.9 Å². The van der Waals surface area contributed by atoms with E-state index in [1.807, 2.05) is 42.8 Å². The molecule has 0 radical (unpaired) electrons. The number of nitrogens with zero attached hydrogens (tertiary/aromatic N) is 3. The number of amides is 1. The number of pyridine rings is 1. The molecular formula is C20H27N3O3. The number of aromatic nitrogens is 1. The van der Waals surface area contributed by atoms with E-state index in [1.54, 1.807) is 11.0 Å². The lowest BCUT2D eigenvalue weighted by Crippen LogP contribution is -2.48. The molecule has 0 bridgehead atoms. The van der Waals surface area contributed by atoms with Gasteiger partial charge in [-0.3, -0.25) is 14.5 Å². The van der Waals surface area contributed by atoms with E-state index in [1.165, 1.54) is 0 Å². The second-order valence-corrected chi connectivity index (χ2v) is 7.02. The quantitative estimate of drug-likeness (QED) is 0.814. The Bertz CT molecular complexity index is 840. The number of rotatable bonds is 5. The summed E-state index contributed by atoms with van der Waals surface area (Å²) in [5.41, 5.74) is 1.60. The molecule has 1 atom stereocenters. The minimum atomic E-state index is -0.00362. The van der Waals surface area contributed by atoms with E-state index in [0.717, 1.165) is 37.5 Å². The summed E-state index contributed by atoms with van der Waals surface area (Å²) in [6.07, 6.45) is 0. The van der Waals surface area contributed by atoms with Gasteiger partial charge in [-0.25, -0.2) is 0 Å². The summed E-state index contributed by atoms with van der Waals surface area (Å²) in [6.45, 7) is 8.26. The zero-order valence-corrected chi connectivity index (χ0v) is 15.8. The van der Waals surface area contributed by atoms with Gasteiger partial charge in [-0.2, -0.15) is 0 Å². The van der Waals surface area contributed by atoms with Gasteiger partial charge in [-0.05, 0) is 26.0 Å². The number of likely N-dealkylation sites (N-methyl/N-ethyl adjacent to an activating group) is 1. The van der Waals surface area contributed by atoms with E-state index in [9.17, 15) is 9.59 Å². The van der Waals surface area contributed by atoms with Crippen molar-refractivity contribution in [2.75, 3.05) is 39.9 Å². The third-order valence-electron chi connectivity index (χ3n) is 5.15. The van der Waals surface area contributed by atoms with Crippen LogP contribution in [-0.2, 0) is 16.1 Å². The summed E-state index contributed by atoms with van der Waals surface area (Å²) in [7, 11) is 1.85. The number of para-hydroxylation sites is 1. The van der Waals surface area contributed by atoms with Crippen molar-refractivity contribution in [3.63, 3.8) is 0 Å². The van der Waals surface area contributed by atoms with E-state index < -0.39 is 0 Å². The van der Waals surface area contributed by atoms with Crippen molar-refractivity contribution in [2.24, 2.45) is 0 Å². The van der Waals surface area contributed by atoms with Crippen LogP contribution >= 0.6 is 0 Å². The fourth-order valence-corrected chi connectivity index (χ4v) is 3.55. The summed E-state index contributed by atoms with van der Waals surface area (Å²) in [5, 5.41) is 0.648. The first-order valence-corrected chi connectivity index (χ1v) is 9.12. The lowest BCUT2D eigenvalue weighted by atomic mass is 10.2. The molecule has 0 saturated carbocycles. The predicted octanol–water partition coefficient (Wildman–Crippen LogP) is 1.49. The first-order valence-electron chi connectivity index (χ1n) is 9.12. The van der Waals surface area contributed by atoms with Crippen molar-refractivity contribution < 1.29 is 9.53 Å². The molecular weight excluding hydrogens is 330 g/mol. The Hall–Kier alpha value is -2.18. The first-order chi connectivity index (χ1) is 12.5. The largest absolute Gasteiger partial charge is 0.379 e. The Kier molecular flexibility index (Phi) is 5.74. The Labute approximate surface area is 154 Å². The van der Waals surface area contributed by atoms with Crippen LogP contribution in [0, 0.1) is 6.92 Å². The van der Waals surface area contributed by atoms with Gasteiger partial charge in [0.2, 0.25) is 5.91 Å². The Balaban J connectivity index is 1.73. The smallest absolute Gasteiger partial charge is 0.242 e. The summed E-state index contributed by atoms with van der Waals surface area (Å²) in [4.78, 5) is 29.1. The summed E-state index contributed by atoms with van der Waals surface area (Å²) in [5.74, 6) is 0.0435. The van der Waals surface area contributed by atoms with Crippen molar-refractivity contribution in [1.82, 2.24) is 14.4 Å². The highest BCUT2D eigenvalue weighted by Gasteiger charge is 2.21. The number of hydrogen-bond donors (Lipinski definition) is 0. The topological polar surface area (TPSA) is 54.8 Å². The monoisotopic (exact) mass is 357 g/mol. The molecule has 1 aromatic heterocycles. The number of morpholine rings is 1. The van der Waals surface area contributed by atoms with Gasteiger partial charge in [0.1, 0.15) is 6.54 Å². The number of carbonyl (C=O) groups excluding carboxylic acids is 1. The number of aryl methyl sites for hydroxylation is 1. The highest BCUT2D eigenvalue weighted by Crippen LogP contribution is 2.13. The van der Waals surface area contributed by atoms with Crippen molar-refractivity contribution in [3.05, 3.63) is 46.2 Å². The van der Waals surface area contributed by atoms with Crippen LogP contribution in [-0.4, -0.2) is 66.2 Å². The van der Waals surface area contributed by atoms with Gasteiger partial charge >= 0.3 is 0 Å². The predicted molar refractivity (Wildman–Crippen MR) is 102 cm³/mol. The van der Waals surface area contributed by atoms with Gasteiger partial charge in [0.15, 0.2) is 5.43 Å². The van der Waals surface area contributed by atoms with E-state index in [4.69, 9.17) is 4.74 Å². The maximum atomic E-state index is 12.8. The minimum Gasteiger partial charge on any atom is -0.379 e. The van der Waals surface area contributed by atoms with Crippen LogP contribution in [0.25, 0.3) is 10.9 Å². The summed E-state index contributed by atoms with van der Waals surface area (Å²) in [6, 6.07) is 9.34. The van der Waals surface area contributed by atoms with Crippen LogP contribution in [0.1, 0.15) is 12.6 Å². The average Bonchev–Trinajstić information content (AvgIpc) is 2.65. The van der Waals surface area contributed by atoms with Crippen molar-refractivity contribution in [2.45, 2.75) is 26.4 Å². The number of carbonyl (C=O) groups is 1. The molecule has 2 aromatic rings. The number of fused-ring (bicyclic) bond motifs is 1. The van der Waals surface area contributed by atoms with Gasteiger partial charge in [0.05, 0.1) is 18.7 Å². The van der Waals surface area contributed by atoms with Crippen LogP contribution in [0.15, 0.2) is 35.1 Å². The second-order valence-electron chi connectivity index (χ2n) is 7.02. The van der Waals surface area contributed by atoms with Gasteiger partial charge in [-0.1, -0.05) is 12.1 Å². The minimum absolute atomic E-state index is 0.00362. The molecule has 1 saturated heterocycles. The first kappa shape index (κ1) is 18.6. The van der Waals surface area contributed by atoms with Gasteiger partial charge < -0.3 is 14.2 Å².